The molecule has 0 saturated carbocycles. The van der Waals surface area contributed by atoms with Gasteiger partial charge in [0.2, 0.25) is 0 Å². The van der Waals surface area contributed by atoms with Crippen LogP contribution in [0, 0.1) is 0 Å². The lowest BCUT2D eigenvalue weighted by molar-refractivity contribution is -0.137. The Morgan fingerprint density at radius 2 is 1.44 bits per heavy atom. The van der Waals surface area contributed by atoms with E-state index in [0.29, 0.717) is 24.5 Å². The molecule has 0 spiro atoms. The summed E-state index contributed by atoms with van der Waals surface area (Å²) in [6.07, 6.45) is 12.7. The van der Waals surface area contributed by atoms with Gasteiger partial charge in [0.05, 0.1) is 24.5 Å². The number of unbranched alkanes of at least 4 members (excludes halogenated alkanes) is 6. The van der Waals surface area contributed by atoms with E-state index in [-0.39, 0.29) is 5.97 Å². The molecule has 1 heterocycles. The van der Waals surface area contributed by atoms with Crippen LogP contribution in [0.5, 0.6) is 11.5 Å². The van der Waals surface area contributed by atoms with Gasteiger partial charge >= 0.3 is 11.9 Å². The summed E-state index contributed by atoms with van der Waals surface area (Å²) in [6, 6.07) is 18.6. The van der Waals surface area contributed by atoms with Crippen LogP contribution in [-0.2, 0) is 16.0 Å². The molecule has 39 heavy (non-hydrogen) atoms. The predicted molar refractivity (Wildman–Crippen MR) is 154 cm³/mol. The van der Waals surface area contributed by atoms with Crippen molar-refractivity contribution < 1.29 is 23.8 Å². The van der Waals surface area contributed by atoms with Crippen LogP contribution in [0.15, 0.2) is 79.5 Å². The molecule has 2 aromatic carbocycles. The molecule has 0 aliphatic carbocycles. The largest absolute Gasteiger partial charge is 0.494 e. The summed E-state index contributed by atoms with van der Waals surface area (Å²) < 4.78 is 16.3. The number of benzene rings is 2. The number of carbonyl (C=O) groups excluding carboxylic acids is 2. The van der Waals surface area contributed by atoms with E-state index in [9.17, 15) is 9.59 Å². The summed E-state index contributed by atoms with van der Waals surface area (Å²) in [5.41, 5.74) is 3.57. The van der Waals surface area contributed by atoms with Crippen LogP contribution in [0.1, 0.15) is 74.2 Å². The van der Waals surface area contributed by atoms with Gasteiger partial charge in [-0.2, -0.15) is 0 Å². The Kier molecular flexibility index (Phi) is 12.8. The van der Waals surface area contributed by atoms with Crippen LogP contribution in [0.2, 0.25) is 0 Å². The molecule has 0 fully saturated rings. The average Bonchev–Trinajstić information content (AvgIpc) is 2.97. The number of carbonyl (C=O) groups is 2. The molecular weight excluding hydrogens is 490 g/mol. The van der Waals surface area contributed by atoms with E-state index < -0.39 is 5.97 Å². The summed E-state index contributed by atoms with van der Waals surface area (Å²) in [5, 5.41) is 0. The van der Waals surface area contributed by atoms with Crippen LogP contribution >= 0.6 is 0 Å². The average molecular weight is 530 g/mol. The number of nitrogens with zero attached hydrogens (tertiary/aromatic N) is 1. The lowest BCUT2D eigenvalue weighted by Crippen LogP contribution is -2.08. The normalized spacial score (nSPS) is 10.6. The molecule has 6 nitrogen and oxygen atoms in total. The smallest absolute Gasteiger partial charge is 0.343 e. The van der Waals surface area contributed by atoms with Crippen molar-refractivity contribution in [1.82, 2.24) is 4.98 Å². The Morgan fingerprint density at radius 1 is 0.795 bits per heavy atom. The van der Waals surface area contributed by atoms with E-state index >= 15 is 0 Å². The second-order valence-corrected chi connectivity index (χ2v) is 9.43. The van der Waals surface area contributed by atoms with Gasteiger partial charge in [-0.3, -0.25) is 4.98 Å². The third kappa shape index (κ3) is 10.8. The summed E-state index contributed by atoms with van der Waals surface area (Å²) in [7, 11) is 0. The van der Waals surface area contributed by atoms with Crippen LogP contribution in [0.4, 0.5) is 0 Å². The SMILES string of the molecule is C=CC(=O)OCCCCCCCCCOc1ccc(C(=O)Oc2ccc(-c3ccc(CCC)cn3)cc2)cc1. The highest BCUT2D eigenvalue weighted by Gasteiger charge is 2.10. The molecule has 0 bridgehead atoms. The highest BCUT2D eigenvalue weighted by molar-refractivity contribution is 5.91. The van der Waals surface area contributed by atoms with Crippen LogP contribution in [0.25, 0.3) is 11.3 Å². The predicted octanol–water partition coefficient (Wildman–Crippen LogP) is 7.76. The minimum atomic E-state index is -0.407. The lowest BCUT2D eigenvalue weighted by Gasteiger charge is -2.08. The molecule has 0 aliphatic heterocycles. The number of hydrogen-bond donors (Lipinski definition) is 0. The van der Waals surface area contributed by atoms with Gasteiger partial charge in [0.1, 0.15) is 11.5 Å². The number of aryl methyl sites for hydroxylation is 1. The Bertz CT molecular complexity index is 1150. The van der Waals surface area contributed by atoms with Crippen LogP contribution in [0.3, 0.4) is 0 Å². The molecule has 0 amide bonds. The monoisotopic (exact) mass is 529 g/mol. The standard InChI is InChI=1S/C33H39NO5/c1-3-12-26-13-22-31(34-25-26)27-14-20-30(21-15-27)39-33(36)28-16-18-29(19-17-28)37-23-10-8-6-5-7-9-11-24-38-32(35)4-2/h4,13-22,25H,2-3,5-12,23-24H2,1H3. The van der Waals surface area contributed by atoms with E-state index in [1.807, 2.05) is 24.4 Å². The molecule has 0 radical (unpaired) electrons. The van der Waals surface area contributed by atoms with Crippen molar-refractivity contribution >= 4 is 11.9 Å². The lowest BCUT2D eigenvalue weighted by atomic mass is 10.1. The van der Waals surface area contributed by atoms with E-state index in [1.165, 1.54) is 11.6 Å². The summed E-state index contributed by atoms with van der Waals surface area (Å²) in [5.74, 6) is 0.466. The van der Waals surface area contributed by atoms with Gasteiger partial charge in [-0.1, -0.05) is 58.1 Å². The maximum absolute atomic E-state index is 12.6. The fourth-order valence-electron chi connectivity index (χ4n) is 4.09. The maximum Gasteiger partial charge on any atom is 0.343 e. The second-order valence-electron chi connectivity index (χ2n) is 9.43. The molecule has 206 valence electrons. The van der Waals surface area contributed by atoms with E-state index in [2.05, 4.69) is 24.6 Å². The molecule has 0 aliphatic rings. The fraction of sp³-hybridized carbons (Fsp3) is 0.364. The molecule has 6 heteroatoms. The van der Waals surface area contributed by atoms with Crippen molar-refractivity contribution in [1.29, 1.82) is 0 Å². The van der Waals surface area contributed by atoms with Gasteiger partial charge < -0.3 is 14.2 Å². The van der Waals surface area contributed by atoms with Gasteiger partial charge in [-0.25, -0.2) is 9.59 Å². The molecule has 3 rings (SSSR count). The fourth-order valence-corrected chi connectivity index (χ4v) is 4.09. The quantitative estimate of drug-likeness (QED) is 0.0770. The minimum absolute atomic E-state index is 0.353. The number of aromatic nitrogens is 1. The van der Waals surface area contributed by atoms with Crippen molar-refractivity contribution in [3.63, 3.8) is 0 Å². The molecule has 3 aromatic rings. The van der Waals surface area contributed by atoms with Crippen molar-refractivity contribution in [2.45, 2.75) is 64.7 Å². The van der Waals surface area contributed by atoms with Crippen molar-refractivity contribution in [2.75, 3.05) is 13.2 Å². The number of rotatable bonds is 17. The van der Waals surface area contributed by atoms with Crippen molar-refractivity contribution in [2.24, 2.45) is 0 Å². The van der Waals surface area contributed by atoms with E-state index in [0.717, 1.165) is 74.8 Å². The molecule has 0 unspecified atom stereocenters. The van der Waals surface area contributed by atoms with Crippen molar-refractivity contribution in [3.05, 3.63) is 90.6 Å². The second kappa shape index (κ2) is 16.8. The number of ether oxygens (including phenoxy) is 3. The third-order valence-electron chi connectivity index (χ3n) is 6.28. The Labute approximate surface area is 232 Å². The van der Waals surface area contributed by atoms with Crippen molar-refractivity contribution in [3.8, 4) is 22.8 Å². The van der Waals surface area contributed by atoms with Gasteiger partial charge in [-0.05, 0) is 79.4 Å². The summed E-state index contributed by atoms with van der Waals surface area (Å²) >= 11 is 0. The Balaban J connectivity index is 1.31. The third-order valence-corrected chi connectivity index (χ3v) is 6.28. The van der Waals surface area contributed by atoms with Crippen LogP contribution in [-0.4, -0.2) is 30.1 Å². The van der Waals surface area contributed by atoms with E-state index in [1.54, 1.807) is 36.4 Å². The minimum Gasteiger partial charge on any atom is -0.494 e. The van der Waals surface area contributed by atoms with E-state index in [4.69, 9.17) is 14.2 Å². The first-order chi connectivity index (χ1) is 19.1. The summed E-state index contributed by atoms with van der Waals surface area (Å²) in [4.78, 5) is 28.1. The first kappa shape index (κ1) is 29.6. The first-order valence-electron chi connectivity index (χ1n) is 13.9. The molecule has 0 atom stereocenters. The topological polar surface area (TPSA) is 74.7 Å². The van der Waals surface area contributed by atoms with Gasteiger partial charge in [0.15, 0.2) is 0 Å². The van der Waals surface area contributed by atoms with Gasteiger partial charge in [-0.15, -0.1) is 0 Å². The van der Waals surface area contributed by atoms with Crippen LogP contribution < -0.4 is 9.47 Å². The molecule has 0 N–H and O–H groups in total. The van der Waals surface area contributed by atoms with Gasteiger partial charge in [0, 0.05) is 17.8 Å². The maximum atomic E-state index is 12.6. The summed E-state index contributed by atoms with van der Waals surface area (Å²) in [6.45, 7) is 6.64. The zero-order valence-corrected chi connectivity index (χ0v) is 22.9. The number of pyridine rings is 1. The molecule has 1 aromatic heterocycles. The highest BCUT2D eigenvalue weighted by atomic mass is 16.5. The first-order valence-corrected chi connectivity index (χ1v) is 13.9. The Morgan fingerprint density at radius 3 is 2.05 bits per heavy atom. The zero-order valence-electron chi connectivity index (χ0n) is 22.9. The number of esters is 2. The molecular formula is C33H39NO5. The van der Waals surface area contributed by atoms with Gasteiger partial charge in [0.25, 0.3) is 0 Å². The molecule has 0 saturated heterocycles. The highest BCUT2D eigenvalue weighted by Crippen LogP contribution is 2.22. The number of hydrogen-bond acceptors (Lipinski definition) is 6. The Hall–Kier alpha value is -3.93. The zero-order chi connectivity index (χ0) is 27.7.